The Morgan fingerprint density at radius 1 is 1.23 bits per heavy atom. The van der Waals surface area contributed by atoms with Gasteiger partial charge < -0.3 is 35.0 Å². The highest BCUT2D eigenvalue weighted by Gasteiger charge is 2.44. The molecule has 1 aliphatic rings. The Morgan fingerprint density at radius 3 is 2.65 bits per heavy atom. The van der Waals surface area contributed by atoms with Crippen LogP contribution in [-0.2, 0) is 11.3 Å². The van der Waals surface area contributed by atoms with Crippen molar-refractivity contribution in [2.24, 2.45) is 0 Å². The van der Waals surface area contributed by atoms with Crippen LogP contribution in [0, 0.1) is 0 Å². The average molecular weight is 399 g/mol. The van der Waals surface area contributed by atoms with Crippen LogP contribution in [0.2, 0.25) is 0 Å². The van der Waals surface area contributed by atoms with Crippen molar-refractivity contribution >= 4 is 39.2 Å². The van der Waals surface area contributed by atoms with Gasteiger partial charge in [0.05, 0.1) is 12.1 Å². The summed E-state index contributed by atoms with van der Waals surface area (Å²) in [5.74, 6) is 0. The van der Waals surface area contributed by atoms with Gasteiger partial charge in [-0.1, -0.05) is 30.4 Å². The maximum absolute atomic E-state index is 10.4. The number of ether oxygens (including phenoxy) is 1. The summed E-state index contributed by atoms with van der Waals surface area (Å²) in [6.07, 6.45) is -2.30. The summed E-state index contributed by atoms with van der Waals surface area (Å²) >= 11 is 6.63. The predicted molar refractivity (Wildman–Crippen MR) is 104 cm³/mol. The molecule has 2 heterocycles. The molecule has 5 N–H and O–H groups in total. The van der Waals surface area contributed by atoms with Crippen LogP contribution < -0.4 is 5.32 Å². The Kier molecular flexibility index (Phi) is 6.18. The molecule has 0 amide bonds. The topological polar surface area (TPSA) is 107 Å². The van der Waals surface area contributed by atoms with Gasteiger partial charge in [-0.15, -0.1) is 11.8 Å². The quantitative estimate of drug-likeness (QED) is 0.470. The number of hydrogen-bond acceptors (Lipinski definition) is 7. The molecular formula is C17H22N2O5S2. The van der Waals surface area contributed by atoms with Crippen molar-refractivity contribution < 1.29 is 25.2 Å². The second-order valence-corrected chi connectivity index (χ2v) is 7.63. The number of para-hydroxylation sites is 1. The predicted octanol–water partition coefficient (Wildman–Crippen LogP) is 0.351. The Morgan fingerprint density at radius 2 is 1.96 bits per heavy atom. The maximum Gasteiger partial charge on any atom is 0.163 e. The summed E-state index contributed by atoms with van der Waals surface area (Å²) in [4.78, 5) is 0. The molecule has 2 aromatic rings. The summed E-state index contributed by atoms with van der Waals surface area (Å²) in [5.41, 5.74) is 1.76. The molecule has 1 saturated heterocycles. The smallest absolute Gasteiger partial charge is 0.163 e. The normalized spacial score (nSPS) is 29.0. The summed E-state index contributed by atoms with van der Waals surface area (Å²) in [7, 11) is 0. The minimum absolute atomic E-state index is 0.461. The van der Waals surface area contributed by atoms with Crippen molar-refractivity contribution in [3.05, 3.63) is 36.0 Å². The van der Waals surface area contributed by atoms with Gasteiger partial charge in [-0.3, -0.25) is 0 Å². The van der Waals surface area contributed by atoms with Crippen molar-refractivity contribution in [2.75, 3.05) is 12.9 Å². The first-order valence-electron chi connectivity index (χ1n) is 8.18. The summed E-state index contributed by atoms with van der Waals surface area (Å²) < 4.78 is 8.08. The second-order valence-electron chi connectivity index (χ2n) is 6.14. The van der Waals surface area contributed by atoms with Crippen LogP contribution in [0.15, 0.2) is 30.5 Å². The first kappa shape index (κ1) is 19.6. The average Bonchev–Trinajstić information content (AvgIpc) is 3.03. The zero-order valence-electron chi connectivity index (χ0n) is 14.1. The Labute approximate surface area is 160 Å². The number of thioether (sulfide) groups is 1. The van der Waals surface area contributed by atoms with Crippen LogP contribution >= 0.6 is 24.0 Å². The lowest BCUT2D eigenvalue weighted by molar-refractivity contribution is -0.250. The van der Waals surface area contributed by atoms with Crippen molar-refractivity contribution in [2.45, 2.75) is 37.2 Å². The highest BCUT2D eigenvalue weighted by molar-refractivity contribution is 8.22. The summed E-state index contributed by atoms with van der Waals surface area (Å²) in [6.45, 7) is 0.0433. The van der Waals surface area contributed by atoms with Gasteiger partial charge >= 0.3 is 0 Å². The standard InChI is InChI=1S/C17H22N2O5S2/c1-26-17(25)18-6-9-7-19(11-5-3-2-4-10(9)11)16-15(23)14(22)13(21)12(8-20)24-16/h2-5,7,12-16,20-23H,6,8H2,1H3,(H,18,25)/t12-,13-,14+,15-,16-/m1/s1. The van der Waals surface area contributed by atoms with Crippen molar-refractivity contribution in [1.29, 1.82) is 0 Å². The number of thiocarbonyl (C=S) groups is 1. The number of nitrogens with one attached hydrogen (secondary N) is 1. The van der Waals surface area contributed by atoms with Crippen molar-refractivity contribution in [3.63, 3.8) is 0 Å². The van der Waals surface area contributed by atoms with E-state index in [9.17, 15) is 20.4 Å². The lowest BCUT2D eigenvalue weighted by Crippen LogP contribution is -2.56. The van der Waals surface area contributed by atoms with Crippen molar-refractivity contribution in [3.8, 4) is 0 Å². The number of nitrogens with zero attached hydrogens (tertiary/aromatic N) is 1. The fraction of sp³-hybridized carbons (Fsp3) is 0.471. The number of aliphatic hydroxyl groups is 4. The Hall–Kier alpha value is -1.20. The zero-order chi connectivity index (χ0) is 18.8. The first-order chi connectivity index (χ1) is 12.5. The molecule has 0 radical (unpaired) electrons. The van der Waals surface area contributed by atoms with Gasteiger partial charge in [0.1, 0.15) is 28.7 Å². The molecule has 9 heteroatoms. The molecule has 0 aliphatic carbocycles. The Bertz CT molecular complexity index is 782. The molecule has 1 aromatic heterocycles. The molecule has 0 saturated carbocycles. The third-order valence-corrected chi connectivity index (χ3v) is 5.73. The monoisotopic (exact) mass is 398 g/mol. The van der Waals surface area contributed by atoms with Crippen LogP contribution in [0.4, 0.5) is 0 Å². The van der Waals surface area contributed by atoms with Crippen LogP contribution in [0.1, 0.15) is 11.8 Å². The number of aromatic nitrogens is 1. The lowest BCUT2D eigenvalue weighted by Gasteiger charge is -2.40. The van der Waals surface area contributed by atoms with Gasteiger partial charge in [0.2, 0.25) is 0 Å². The van der Waals surface area contributed by atoms with E-state index < -0.39 is 37.3 Å². The van der Waals surface area contributed by atoms with Crippen LogP contribution in [0.5, 0.6) is 0 Å². The van der Waals surface area contributed by atoms with E-state index in [1.165, 1.54) is 11.8 Å². The first-order valence-corrected chi connectivity index (χ1v) is 9.82. The van der Waals surface area contributed by atoms with Gasteiger partial charge in [0, 0.05) is 18.1 Å². The molecule has 142 valence electrons. The van der Waals surface area contributed by atoms with Gasteiger partial charge in [-0.2, -0.15) is 0 Å². The number of fused-ring (bicyclic) bond motifs is 1. The van der Waals surface area contributed by atoms with E-state index in [2.05, 4.69) is 5.32 Å². The molecule has 0 spiro atoms. The van der Waals surface area contributed by atoms with E-state index >= 15 is 0 Å². The third kappa shape index (κ3) is 3.61. The van der Waals surface area contributed by atoms with E-state index in [-0.39, 0.29) is 0 Å². The van der Waals surface area contributed by atoms with Gasteiger partial charge in [0.15, 0.2) is 6.23 Å². The molecule has 0 unspecified atom stereocenters. The second kappa shape index (κ2) is 8.22. The summed E-state index contributed by atoms with van der Waals surface area (Å²) in [6, 6.07) is 7.62. The van der Waals surface area contributed by atoms with Crippen LogP contribution in [0.25, 0.3) is 10.9 Å². The van der Waals surface area contributed by atoms with Gasteiger partial charge in [-0.25, -0.2) is 0 Å². The minimum atomic E-state index is -1.42. The molecule has 26 heavy (non-hydrogen) atoms. The summed E-state index contributed by atoms with van der Waals surface area (Å²) in [5, 5.41) is 44.0. The highest BCUT2D eigenvalue weighted by atomic mass is 32.2. The molecule has 3 rings (SSSR count). The fourth-order valence-electron chi connectivity index (χ4n) is 3.18. The number of rotatable bonds is 4. The van der Waals surface area contributed by atoms with E-state index in [0.717, 1.165) is 16.5 Å². The molecule has 7 nitrogen and oxygen atoms in total. The SMILES string of the molecule is CSC(=S)NCc1cn([C@@H]2O[C@H](CO)[C@@H](O)[C@H](O)[C@H]2O)c2ccccc12. The molecule has 0 bridgehead atoms. The van der Waals surface area contributed by atoms with E-state index in [1.54, 1.807) is 4.57 Å². The number of hydrogen-bond donors (Lipinski definition) is 5. The van der Waals surface area contributed by atoms with E-state index in [0.29, 0.717) is 10.9 Å². The van der Waals surface area contributed by atoms with Crippen molar-refractivity contribution in [1.82, 2.24) is 9.88 Å². The lowest BCUT2D eigenvalue weighted by atomic mass is 9.98. The third-order valence-electron chi connectivity index (χ3n) is 4.57. The molecule has 1 aliphatic heterocycles. The molecule has 1 fully saturated rings. The van der Waals surface area contributed by atoms with E-state index in [1.807, 2.05) is 36.7 Å². The zero-order valence-corrected chi connectivity index (χ0v) is 15.8. The fourth-order valence-corrected chi connectivity index (χ4v) is 3.47. The highest BCUT2D eigenvalue weighted by Crippen LogP contribution is 2.33. The van der Waals surface area contributed by atoms with E-state index in [4.69, 9.17) is 17.0 Å². The molecule has 1 aromatic carbocycles. The van der Waals surface area contributed by atoms with Gasteiger partial charge in [0.25, 0.3) is 0 Å². The largest absolute Gasteiger partial charge is 0.394 e. The van der Waals surface area contributed by atoms with Gasteiger partial charge in [-0.05, 0) is 17.9 Å². The van der Waals surface area contributed by atoms with Crippen LogP contribution in [0.3, 0.4) is 0 Å². The number of aliphatic hydroxyl groups excluding tert-OH is 4. The number of benzene rings is 1. The molecular weight excluding hydrogens is 376 g/mol. The minimum Gasteiger partial charge on any atom is -0.394 e. The van der Waals surface area contributed by atoms with Crippen LogP contribution in [-0.4, -0.2) is 66.6 Å². The maximum atomic E-state index is 10.4. The molecule has 5 atom stereocenters. The Balaban J connectivity index is 1.98.